The molecule has 43 heavy (non-hydrogen) atoms. The van der Waals surface area contributed by atoms with Gasteiger partial charge in [-0.1, -0.05) is 6.07 Å². The Morgan fingerprint density at radius 1 is 1.09 bits per heavy atom. The fourth-order valence-corrected chi connectivity index (χ4v) is 7.12. The van der Waals surface area contributed by atoms with Crippen LogP contribution in [0.4, 0.5) is 21.6 Å². The first-order valence-electron chi connectivity index (χ1n) is 14.5. The second-order valence-electron chi connectivity index (χ2n) is 12.5. The highest BCUT2D eigenvalue weighted by atomic mass is 32.1. The average molecular weight is 603 g/mol. The third kappa shape index (κ3) is 6.23. The van der Waals surface area contributed by atoms with E-state index < -0.39 is 17.7 Å². The topological polar surface area (TPSA) is 129 Å². The lowest BCUT2D eigenvalue weighted by molar-refractivity contribution is -0.00178. The monoisotopic (exact) mass is 602 g/mol. The van der Waals surface area contributed by atoms with Crippen LogP contribution in [0.5, 0.6) is 0 Å². The Morgan fingerprint density at radius 3 is 2.65 bits per heavy atom. The van der Waals surface area contributed by atoms with Crippen LogP contribution < -0.4 is 16.0 Å². The van der Waals surface area contributed by atoms with Crippen LogP contribution in [0, 0.1) is 5.41 Å². The third-order valence-corrected chi connectivity index (χ3v) is 9.62. The maximum Gasteiger partial charge on any atom is 0.255 e. The summed E-state index contributed by atoms with van der Waals surface area (Å²) in [6.45, 7) is 2.40. The van der Waals surface area contributed by atoms with Gasteiger partial charge in [-0.3, -0.25) is 14.6 Å². The molecule has 0 unspecified atom stereocenters. The van der Waals surface area contributed by atoms with Crippen LogP contribution in [0.2, 0.25) is 0 Å². The van der Waals surface area contributed by atoms with E-state index in [2.05, 4.69) is 30.9 Å². The van der Waals surface area contributed by atoms with Gasteiger partial charge in [-0.15, -0.1) is 11.3 Å². The first kappa shape index (κ1) is 29.1. The summed E-state index contributed by atoms with van der Waals surface area (Å²) >= 11 is 1.55. The zero-order valence-corrected chi connectivity index (χ0v) is 25.0. The number of fused-ring (bicyclic) bond motifs is 3. The van der Waals surface area contributed by atoms with Crippen LogP contribution in [0.1, 0.15) is 73.2 Å². The fraction of sp³-hybridized carbons (Fsp3) is 0.406. The van der Waals surface area contributed by atoms with Crippen molar-refractivity contribution in [3.8, 4) is 0 Å². The highest BCUT2D eigenvalue weighted by molar-refractivity contribution is 7.16. The fourth-order valence-electron chi connectivity index (χ4n) is 6.40. The van der Waals surface area contributed by atoms with E-state index in [1.54, 1.807) is 41.2 Å². The molecule has 2 bridgehead atoms. The van der Waals surface area contributed by atoms with Gasteiger partial charge in [-0.25, -0.2) is 14.4 Å². The van der Waals surface area contributed by atoms with E-state index in [1.165, 1.54) is 20.0 Å². The van der Waals surface area contributed by atoms with Crippen LogP contribution in [0.25, 0.3) is 10.2 Å². The first-order chi connectivity index (χ1) is 20.5. The van der Waals surface area contributed by atoms with Gasteiger partial charge < -0.3 is 21.1 Å². The summed E-state index contributed by atoms with van der Waals surface area (Å²) in [7, 11) is 0. The number of Topliss-reactive ketones (excluding diaryl/α,β-unsaturated/α-hetero) is 1. The molecule has 1 aromatic carbocycles. The minimum absolute atomic E-state index is 0.0549. The molecular formula is C32H35FN6O3S. The second-order valence-corrected chi connectivity index (χ2v) is 13.4. The average Bonchev–Trinajstić information content (AvgIpc) is 3.69. The summed E-state index contributed by atoms with van der Waals surface area (Å²) < 4.78 is 15.5. The quantitative estimate of drug-likeness (QED) is 0.153. The molecule has 3 aromatic heterocycles. The van der Waals surface area contributed by atoms with Crippen LogP contribution in [0.3, 0.4) is 0 Å². The molecule has 2 aliphatic rings. The molecule has 2 aliphatic carbocycles. The van der Waals surface area contributed by atoms with Crippen molar-refractivity contribution in [2.24, 2.45) is 5.41 Å². The molecule has 1 amide bonds. The third-order valence-electron chi connectivity index (χ3n) is 8.83. The predicted octanol–water partition coefficient (Wildman–Crippen LogP) is 6.06. The molecule has 0 aliphatic heterocycles. The summed E-state index contributed by atoms with van der Waals surface area (Å²) in [5.74, 6) is 0.120. The Labute approximate surface area is 253 Å². The number of pyridine rings is 2. The number of hydrogen-bond acceptors (Lipinski definition) is 9. The molecule has 0 spiro atoms. The van der Waals surface area contributed by atoms with Crippen molar-refractivity contribution in [3.05, 3.63) is 71.6 Å². The number of aliphatic hydroxyl groups is 1. The normalized spacial score (nSPS) is 22.0. The number of aromatic nitrogens is 3. The Hall–Kier alpha value is -3.96. The number of nitrogens with zero attached hydrogens (tertiary/aromatic N) is 3. The molecule has 2 saturated carbocycles. The molecule has 11 heteroatoms. The first-order valence-corrected chi connectivity index (χ1v) is 15.4. The highest BCUT2D eigenvalue weighted by Gasteiger charge is 2.55. The van der Waals surface area contributed by atoms with E-state index in [1.807, 2.05) is 24.3 Å². The molecule has 0 saturated heterocycles. The number of benzene rings is 1. The summed E-state index contributed by atoms with van der Waals surface area (Å²) in [5.41, 5.74) is 2.94. The molecule has 1 atom stereocenters. The van der Waals surface area contributed by atoms with E-state index in [9.17, 15) is 19.1 Å². The Morgan fingerprint density at radius 2 is 1.91 bits per heavy atom. The maximum absolute atomic E-state index is 14.5. The number of alkyl halides is 1. The molecule has 4 N–H and O–H groups in total. The molecule has 9 nitrogen and oxygen atoms in total. The number of carbonyl (C=O) groups is 2. The number of nitrogens with one attached hydrogen (secondary N) is 3. The summed E-state index contributed by atoms with van der Waals surface area (Å²) in [4.78, 5) is 39.5. The Bertz CT molecular complexity index is 1650. The molecule has 0 radical (unpaired) electrons. The van der Waals surface area contributed by atoms with Crippen molar-refractivity contribution in [1.82, 2.24) is 20.3 Å². The lowest BCUT2D eigenvalue weighted by Gasteiger charge is -2.31. The molecule has 3 heterocycles. The van der Waals surface area contributed by atoms with Crippen molar-refractivity contribution in [1.29, 1.82) is 0 Å². The lowest BCUT2D eigenvalue weighted by atomic mass is 9.79. The molecule has 6 rings (SSSR count). The Balaban J connectivity index is 1.24. The zero-order chi connectivity index (χ0) is 30.2. The van der Waals surface area contributed by atoms with E-state index in [-0.39, 0.29) is 28.8 Å². The van der Waals surface area contributed by atoms with Gasteiger partial charge in [-0.05, 0) is 81.7 Å². The number of carbonyl (C=O) groups excluding carboxylic acids is 2. The SMILES string of the molecule is CC(C)(O)[C@H](F)CNC(=O)c1cnc(Nc2ccc3ncsc3c2)cc1NC12CCC(CC(=O)c3ccccn3)(CC1)C2. The summed E-state index contributed by atoms with van der Waals surface area (Å²) in [6, 6.07) is 13.1. The van der Waals surface area contributed by atoms with Crippen LogP contribution in [-0.4, -0.2) is 55.6 Å². The minimum Gasteiger partial charge on any atom is -0.387 e. The summed E-state index contributed by atoms with van der Waals surface area (Å²) in [6.07, 6.45) is 6.27. The van der Waals surface area contributed by atoms with Gasteiger partial charge in [0.15, 0.2) is 5.78 Å². The largest absolute Gasteiger partial charge is 0.387 e. The number of amides is 1. The number of rotatable bonds is 11. The van der Waals surface area contributed by atoms with Crippen LogP contribution >= 0.6 is 11.3 Å². The predicted molar refractivity (Wildman–Crippen MR) is 166 cm³/mol. The smallest absolute Gasteiger partial charge is 0.255 e. The second kappa shape index (κ2) is 11.3. The van der Waals surface area contributed by atoms with E-state index in [0.717, 1.165) is 48.0 Å². The standard InChI is InChI=1S/C32H35FN6O3S/c1-30(2,42)27(33)17-36-29(41)21-16-35-28(38-20-6-7-23-26(13-20)43-19-37-23)14-24(21)39-32-10-8-31(18-32,9-11-32)15-25(40)22-5-3-4-12-34-22/h3-7,12-14,16,19,27,42H,8-11,15,17-18H2,1-2H3,(H,36,41)(H2,35,38,39)/t27-,31?,32?/m1/s1. The zero-order valence-electron chi connectivity index (χ0n) is 24.2. The maximum atomic E-state index is 14.5. The van der Waals surface area contributed by atoms with Crippen molar-refractivity contribution >= 4 is 50.4 Å². The minimum atomic E-state index is -1.64. The van der Waals surface area contributed by atoms with Gasteiger partial charge in [0.2, 0.25) is 0 Å². The van der Waals surface area contributed by atoms with Crippen LogP contribution in [-0.2, 0) is 0 Å². The highest BCUT2D eigenvalue weighted by Crippen LogP contribution is 2.59. The van der Waals surface area contributed by atoms with Gasteiger partial charge in [0.05, 0.1) is 39.1 Å². The van der Waals surface area contributed by atoms with E-state index >= 15 is 0 Å². The van der Waals surface area contributed by atoms with Crippen LogP contribution in [0.15, 0.2) is 60.4 Å². The number of ketones is 1. The lowest BCUT2D eigenvalue weighted by Crippen LogP contribution is -2.42. The molecule has 224 valence electrons. The van der Waals surface area contributed by atoms with Gasteiger partial charge >= 0.3 is 0 Å². The molecule has 2 fully saturated rings. The number of halogens is 1. The van der Waals surface area contributed by atoms with Crippen molar-refractivity contribution in [2.75, 3.05) is 17.2 Å². The number of hydrogen-bond donors (Lipinski definition) is 4. The molecular weight excluding hydrogens is 567 g/mol. The Kier molecular flexibility index (Phi) is 7.64. The van der Waals surface area contributed by atoms with Crippen molar-refractivity contribution < 1.29 is 19.1 Å². The van der Waals surface area contributed by atoms with Crippen molar-refractivity contribution in [2.45, 2.75) is 69.7 Å². The van der Waals surface area contributed by atoms with Gasteiger partial charge in [0.1, 0.15) is 17.7 Å². The van der Waals surface area contributed by atoms with Gasteiger partial charge in [-0.2, -0.15) is 0 Å². The molecule has 4 aromatic rings. The number of thiazole rings is 1. The van der Waals surface area contributed by atoms with Gasteiger partial charge in [0, 0.05) is 36.1 Å². The summed E-state index contributed by atoms with van der Waals surface area (Å²) in [5, 5.41) is 19.6. The number of anilines is 3. The van der Waals surface area contributed by atoms with Gasteiger partial charge in [0.25, 0.3) is 5.91 Å². The van der Waals surface area contributed by atoms with E-state index in [0.29, 0.717) is 23.6 Å². The van der Waals surface area contributed by atoms with E-state index in [4.69, 9.17) is 0 Å². The van der Waals surface area contributed by atoms with Crippen molar-refractivity contribution in [3.63, 3.8) is 0 Å².